The van der Waals surface area contributed by atoms with E-state index in [1.54, 1.807) is 6.07 Å². The number of halogens is 2. The highest BCUT2D eigenvalue weighted by Gasteiger charge is 2.30. The van der Waals surface area contributed by atoms with Gasteiger partial charge in [-0.15, -0.1) is 0 Å². The molecule has 1 heterocycles. The van der Waals surface area contributed by atoms with Gasteiger partial charge in [-0.05, 0) is 37.0 Å². The Kier molecular flexibility index (Phi) is 5.11. The summed E-state index contributed by atoms with van der Waals surface area (Å²) in [6.45, 7) is 2.02. The Morgan fingerprint density at radius 1 is 1.22 bits per heavy atom. The fourth-order valence-corrected chi connectivity index (χ4v) is 3.72. The van der Waals surface area contributed by atoms with Crippen molar-refractivity contribution in [2.45, 2.75) is 44.7 Å². The van der Waals surface area contributed by atoms with Gasteiger partial charge in [0.05, 0.1) is 21.1 Å². The van der Waals surface area contributed by atoms with E-state index >= 15 is 0 Å². The summed E-state index contributed by atoms with van der Waals surface area (Å²) < 4.78 is 2.03. The number of nitrogens with zero attached hydrogens (tertiary/aromatic N) is 2. The fraction of sp³-hybridized carbons (Fsp3) is 0.333. The Hall–Kier alpha value is -2.04. The fourth-order valence-electron chi connectivity index (χ4n) is 3.40. The summed E-state index contributed by atoms with van der Waals surface area (Å²) in [7, 11) is 0. The van der Waals surface area contributed by atoms with Crippen molar-refractivity contribution in [2.24, 2.45) is 0 Å². The average molecular weight is 402 g/mol. The first-order chi connectivity index (χ1) is 13.1. The van der Waals surface area contributed by atoms with Gasteiger partial charge in [0.25, 0.3) is 0 Å². The molecular weight excluding hydrogens is 381 g/mol. The van der Waals surface area contributed by atoms with E-state index in [2.05, 4.69) is 17.4 Å². The van der Waals surface area contributed by atoms with Crippen LogP contribution in [0.1, 0.15) is 43.6 Å². The molecule has 1 fully saturated rings. The number of fused-ring (bicyclic) bond motifs is 1. The maximum Gasteiger partial charge on any atom is 0.243 e. The molecule has 1 amide bonds. The summed E-state index contributed by atoms with van der Waals surface area (Å²) >= 11 is 12.5. The van der Waals surface area contributed by atoms with Gasteiger partial charge in [-0.25, -0.2) is 4.98 Å². The Bertz CT molecular complexity index is 980. The molecule has 1 aliphatic carbocycles. The highest BCUT2D eigenvalue weighted by molar-refractivity contribution is 6.42. The van der Waals surface area contributed by atoms with Crippen LogP contribution in [-0.2, 0) is 11.2 Å². The van der Waals surface area contributed by atoms with Crippen molar-refractivity contribution < 1.29 is 4.79 Å². The molecule has 2 aromatic carbocycles. The number of amides is 1. The van der Waals surface area contributed by atoms with Crippen molar-refractivity contribution in [1.29, 1.82) is 0 Å². The predicted molar refractivity (Wildman–Crippen MR) is 109 cm³/mol. The van der Waals surface area contributed by atoms with E-state index in [1.807, 2.05) is 35.8 Å². The molecule has 1 aliphatic rings. The number of hydrogen-bond donors (Lipinski definition) is 1. The summed E-state index contributed by atoms with van der Waals surface area (Å²) in [4.78, 5) is 17.7. The molecule has 1 N–H and O–H groups in total. The summed E-state index contributed by atoms with van der Waals surface area (Å²) in [5, 5.41) is 4.06. The van der Waals surface area contributed by atoms with E-state index in [0.717, 1.165) is 35.3 Å². The van der Waals surface area contributed by atoms with E-state index in [4.69, 9.17) is 28.2 Å². The van der Waals surface area contributed by atoms with Crippen LogP contribution in [0.4, 0.5) is 0 Å². The lowest BCUT2D eigenvalue weighted by Gasteiger charge is -2.20. The third kappa shape index (κ3) is 3.83. The second-order valence-corrected chi connectivity index (χ2v) is 7.84. The number of imidazole rings is 1. The highest BCUT2D eigenvalue weighted by atomic mass is 35.5. The number of aromatic nitrogens is 2. The van der Waals surface area contributed by atoms with Crippen LogP contribution >= 0.6 is 23.2 Å². The topological polar surface area (TPSA) is 46.9 Å². The first-order valence-electron chi connectivity index (χ1n) is 9.27. The molecule has 1 unspecified atom stereocenters. The van der Waals surface area contributed by atoms with Gasteiger partial charge in [0.2, 0.25) is 5.91 Å². The van der Waals surface area contributed by atoms with Crippen molar-refractivity contribution in [3.05, 3.63) is 63.9 Å². The highest BCUT2D eigenvalue weighted by Crippen LogP contribution is 2.32. The summed E-state index contributed by atoms with van der Waals surface area (Å²) in [6, 6.07) is 13.7. The van der Waals surface area contributed by atoms with Crippen LogP contribution in [0, 0.1) is 0 Å². The second-order valence-electron chi connectivity index (χ2n) is 7.02. The quantitative estimate of drug-likeness (QED) is 0.619. The zero-order chi connectivity index (χ0) is 19.0. The van der Waals surface area contributed by atoms with Gasteiger partial charge in [0, 0.05) is 12.5 Å². The van der Waals surface area contributed by atoms with Crippen LogP contribution in [0.2, 0.25) is 10.0 Å². The van der Waals surface area contributed by atoms with Crippen molar-refractivity contribution >= 4 is 40.1 Å². The Morgan fingerprint density at radius 2 is 1.93 bits per heavy atom. The van der Waals surface area contributed by atoms with Crippen molar-refractivity contribution in [1.82, 2.24) is 14.9 Å². The maximum atomic E-state index is 12.9. The molecular formula is C21H21Cl2N3O. The largest absolute Gasteiger partial charge is 0.352 e. The van der Waals surface area contributed by atoms with Gasteiger partial charge in [-0.3, -0.25) is 4.79 Å². The molecule has 4 nitrogen and oxygen atoms in total. The van der Waals surface area contributed by atoms with Crippen molar-refractivity contribution in [2.75, 3.05) is 0 Å². The minimum absolute atomic E-state index is 0.0414. The minimum Gasteiger partial charge on any atom is -0.352 e. The zero-order valence-corrected chi connectivity index (χ0v) is 16.6. The van der Waals surface area contributed by atoms with E-state index in [1.165, 1.54) is 0 Å². The van der Waals surface area contributed by atoms with Gasteiger partial charge in [0.15, 0.2) is 0 Å². The van der Waals surface area contributed by atoms with Crippen molar-refractivity contribution in [3.63, 3.8) is 0 Å². The number of carbonyl (C=O) groups excluding carboxylic acids is 1. The van der Waals surface area contributed by atoms with Crippen LogP contribution in [0.5, 0.6) is 0 Å². The Balaban J connectivity index is 1.82. The third-order valence-electron chi connectivity index (χ3n) is 4.93. The first-order valence-corrected chi connectivity index (χ1v) is 10.0. The molecule has 0 aliphatic heterocycles. The van der Waals surface area contributed by atoms with E-state index in [9.17, 15) is 4.79 Å². The molecule has 140 valence electrons. The zero-order valence-electron chi connectivity index (χ0n) is 15.1. The number of carbonyl (C=O) groups is 1. The minimum atomic E-state index is -0.327. The van der Waals surface area contributed by atoms with Crippen LogP contribution in [0.15, 0.2) is 42.5 Å². The van der Waals surface area contributed by atoms with Crippen LogP contribution in [-0.4, -0.2) is 21.5 Å². The third-order valence-corrected chi connectivity index (χ3v) is 5.66. The SMILES string of the molecule is CCC(C(=O)NC1CC1)n1c(Cc2ccccc2)nc2cc(Cl)c(Cl)cc21. The molecule has 3 aromatic rings. The lowest BCUT2D eigenvalue weighted by molar-refractivity contribution is -0.124. The average Bonchev–Trinajstić information content (AvgIpc) is 3.41. The summed E-state index contributed by atoms with van der Waals surface area (Å²) in [5.41, 5.74) is 2.74. The smallest absolute Gasteiger partial charge is 0.243 e. The summed E-state index contributed by atoms with van der Waals surface area (Å²) in [5.74, 6) is 0.881. The molecule has 1 saturated carbocycles. The molecule has 0 spiro atoms. The molecule has 1 aromatic heterocycles. The van der Waals surface area contributed by atoms with Gasteiger partial charge >= 0.3 is 0 Å². The molecule has 27 heavy (non-hydrogen) atoms. The Morgan fingerprint density at radius 3 is 2.59 bits per heavy atom. The monoisotopic (exact) mass is 401 g/mol. The van der Waals surface area contributed by atoms with Gasteiger partial charge in [-0.1, -0.05) is 60.5 Å². The van der Waals surface area contributed by atoms with Crippen LogP contribution in [0.25, 0.3) is 11.0 Å². The van der Waals surface area contributed by atoms with E-state index in [0.29, 0.717) is 28.9 Å². The van der Waals surface area contributed by atoms with Gasteiger partial charge in [-0.2, -0.15) is 0 Å². The number of benzene rings is 2. The number of hydrogen-bond acceptors (Lipinski definition) is 2. The number of nitrogens with one attached hydrogen (secondary N) is 1. The van der Waals surface area contributed by atoms with Crippen molar-refractivity contribution in [3.8, 4) is 0 Å². The van der Waals surface area contributed by atoms with Crippen LogP contribution < -0.4 is 5.32 Å². The van der Waals surface area contributed by atoms with E-state index < -0.39 is 0 Å². The van der Waals surface area contributed by atoms with Crippen LogP contribution in [0.3, 0.4) is 0 Å². The molecule has 1 atom stereocenters. The molecule has 0 saturated heterocycles. The molecule has 0 radical (unpaired) electrons. The number of rotatable bonds is 6. The molecule has 4 rings (SSSR count). The standard InChI is InChI=1S/C21H21Cl2N3O/c1-2-18(21(27)24-14-8-9-14)26-19-12-16(23)15(22)11-17(19)25-20(26)10-13-6-4-3-5-7-13/h3-7,11-12,14,18H,2,8-10H2,1H3,(H,24,27). The van der Waals surface area contributed by atoms with Gasteiger partial charge < -0.3 is 9.88 Å². The van der Waals surface area contributed by atoms with E-state index in [-0.39, 0.29) is 11.9 Å². The normalized spacial score (nSPS) is 15.1. The predicted octanol–water partition coefficient (Wildman–Crippen LogP) is 5.16. The maximum absolute atomic E-state index is 12.9. The Labute approximate surface area is 168 Å². The van der Waals surface area contributed by atoms with Gasteiger partial charge in [0.1, 0.15) is 11.9 Å². The second kappa shape index (κ2) is 7.53. The molecule has 6 heteroatoms. The first kappa shape index (κ1) is 18.3. The lowest BCUT2D eigenvalue weighted by atomic mass is 10.1. The summed E-state index contributed by atoms with van der Waals surface area (Å²) in [6.07, 6.45) is 3.43. The molecule has 0 bridgehead atoms. The lowest BCUT2D eigenvalue weighted by Crippen LogP contribution is -2.34.